The fourth-order valence-electron chi connectivity index (χ4n) is 4.06. The summed E-state index contributed by atoms with van der Waals surface area (Å²) in [7, 11) is 2.92. The zero-order valence-electron chi connectivity index (χ0n) is 27.0. The second-order valence-corrected chi connectivity index (χ2v) is 12.4. The molecule has 0 bridgehead atoms. The molecule has 1 fully saturated rings. The van der Waals surface area contributed by atoms with Gasteiger partial charge in [-0.25, -0.2) is 19.6 Å². The third-order valence-corrected chi connectivity index (χ3v) is 6.21. The van der Waals surface area contributed by atoms with Gasteiger partial charge in [-0.1, -0.05) is 6.07 Å². The highest BCUT2D eigenvalue weighted by Gasteiger charge is 2.33. The van der Waals surface area contributed by atoms with E-state index in [9.17, 15) is 19.2 Å². The molecule has 3 N–H and O–H groups in total. The van der Waals surface area contributed by atoms with Crippen molar-refractivity contribution < 1.29 is 33.4 Å². The molecule has 1 aromatic carbocycles. The van der Waals surface area contributed by atoms with Gasteiger partial charge in [0.25, 0.3) is 5.91 Å². The number of benzene rings is 1. The van der Waals surface area contributed by atoms with E-state index in [1.165, 1.54) is 32.6 Å². The van der Waals surface area contributed by atoms with Crippen LogP contribution in [0.1, 0.15) is 64.9 Å². The number of imide groups is 1. The number of carbonyl (C=O) groups excluding carboxylic acids is 4. The van der Waals surface area contributed by atoms with Crippen molar-refractivity contribution in [2.24, 2.45) is 5.92 Å². The maximum Gasteiger partial charge on any atom is 0.424 e. The van der Waals surface area contributed by atoms with E-state index in [4.69, 9.17) is 14.2 Å². The van der Waals surface area contributed by atoms with Crippen LogP contribution in [0.4, 0.5) is 32.5 Å². The molecule has 3 aromatic rings. The van der Waals surface area contributed by atoms with Gasteiger partial charge in [0, 0.05) is 19.0 Å². The number of nitrogens with one attached hydrogen (secondary N) is 3. The number of carbonyl (C=O) groups is 4. The lowest BCUT2D eigenvalue weighted by atomic mass is 10.1. The number of rotatable bonds is 8. The zero-order valence-corrected chi connectivity index (χ0v) is 27.0. The standard InChI is InChI=1S/C31H38N8O7/c1-30(2,3)45-28(42)39(29(43)46-31(4,5)6)18-15-33-25(34-16-18)19-10-9-11-20(24(19)44-8)35-21-14-22(36-26(40)17-12-13-17)37-38-23(21)27(41)32-7/h9-11,14-17H,12-13H2,1-8H3,(H,32,41)(H2,35,36,37,40). The second kappa shape index (κ2) is 13.3. The average Bonchev–Trinajstić information content (AvgIpc) is 3.81. The molecule has 1 saturated carbocycles. The van der Waals surface area contributed by atoms with Crippen molar-refractivity contribution in [2.45, 2.75) is 65.6 Å². The molecule has 1 aliphatic carbocycles. The first-order valence-electron chi connectivity index (χ1n) is 14.5. The minimum absolute atomic E-state index is 0.00985. The number of aromatic nitrogens is 4. The maximum absolute atomic E-state index is 13.0. The maximum atomic E-state index is 13.0. The Hall–Kier alpha value is -5.34. The molecule has 15 heteroatoms. The molecule has 2 aromatic heterocycles. The van der Waals surface area contributed by atoms with Gasteiger partial charge in [-0.05, 0) is 66.5 Å². The van der Waals surface area contributed by atoms with Crippen molar-refractivity contribution in [2.75, 3.05) is 29.7 Å². The Balaban J connectivity index is 1.68. The van der Waals surface area contributed by atoms with Crippen LogP contribution in [0.2, 0.25) is 0 Å². The Bertz CT molecular complexity index is 1600. The first kappa shape index (κ1) is 33.6. The fraction of sp³-hybridized carbons (Fsp3) is 0.419. The zero-order chi connectivity index (χ0) is 33.8. The minimum atomic E-state index is -0.951. The van der Waals surface area contributed by atoms with Crippen LogP contribution < -0.4 is 25.6 Å². The van der Waals surface area contributed by atoms with Gasteiger partial charge in [0.15, 0.2) is 23.1 Å². The SMILES string of the molecule is CNC(=O)c1nnc(NC(=O)C2CC2)cc1Nc1cccc(-c2ncc(N(C(=O)OC(C)(C)C)C(=O)OC(C)(C)C)cn2)c1OC. The van der Waals surface area contributed by atoms with E-state index in [0.717, 1.165) is 17.7 Å². The summed E-state index contributed by atoms with van der Waals surface area (Å²) in [6.07, 6.45) is 2.31. The van der Waals surface area contributed by atoms with Crippen LogP contribution in [0.25, 0.3) is 11.4 Å². The number of nitrogens with zero attached hydrogens (tertiary/aromatic N) is 5. The third-order valence-electron chi connectivity index (χ3n) is 6.21. The predicted molar refractivity (Wildman–Crippen MR) is 169 cm³/mol. The Labute approximate surface area is 266 Å². The van der Waals surface area contributed by atoms with Crippen molar-refractivity contribution in [3.8, 4) is 17.1 Å². The molecular weight excluding hydrogens is 596 g/mol. The summed E-state index contributed by atoms with van der Waals surface area (Å²) in [4.78, 5) is 60.5. The van der Waals surface area contributed by atoms with Crippen LogP contribution in [0.3, 0.4) is 0 Å². The molecule has 0 spiro atoms. The quantitative estimate of drug-likeness (QED) is 0.299. The van der Waals surface area contributed by atoms with Crippen molar-refractivity contribution in [1.29, 1.82) is 0 Å². The summed E-state index contributed by atoms with van der Waals surface area (Å²) in [5.74, 6) is -0.0152. The second-order valence-electron chi connectivity index (χ2n) is 12.4. The number of anilines is 4. The summed E-state index contributed by atoms with van der Waals surface area (Å²) in [5.41, 5.74) is -0.615. The normalized spacial score (nSPS) is 12.9. The predicted octanol–water partition coefficient (Wildman–Crippen LogP) is 5.07. The molecule has 0 radical (unpaired) electrons. The van der Waals surface area contributed by atoms with Crippen LogP contribution in [0.5, 0.6) is 5.75 Å². The number of hydrogen-bond donors (Lipinski definition) is 3. The summed E-state index contributed by atoms with van der Waals surface area (Å²) in [6.45, 7) is 10.1. The molecule has 0 saturated heterocycles. The largest absolute Gasteiger partial charge is 0.494 e. The summed E-state index contributed by atoms with van der Waals surface area (Å²) in [6, 6.07) is 6.65. The van der Waals surface area contributed by atoms with Crippen molar-refractivity contribution >= 4 is 46.9 Å². The number of methoxy groups -OCH3 is 1. The first-order chi connectivity index (χ1) is 21.6. The molecule has 46 heavy (non-hydrogen) atoms. The van der Waals surface area contributed by atoms with E-state index < -0.39 is 29.3 Å². The number of ether oxygens (including phenoxy) is 3. The summed E-state index contributed by atoms with van der Waals surface area (Å²) < 4.78 is 16.6. The Kier molecular flexibility index (Phi) is 9.73. The lowest BCUT2D eigenvalue weighted by Gasteiger charge is -2.28. The van der Waals surface area contributed by atoms with Crippen molar-refractivity contribution in [3.63, 3.8) is 0 Å². The van der Waals surface area contributed by atoms with E-state index >= 15 is 0 Å². The topological polar surface area (TPSA) is 187 Å². The number of amides is 4. The molecule has 1 aliphatic rings. The Morgan fingerprint density at radius 2 is 1.50 bits per heavy atom. The van der Waals surface area contributed by atoms with Crippen molar-refractivity contribution in [1.82, 2.24) is 25.5 Å². The summed E-state index contributed by atoms with van der Waals surface area (Å²) in [5, 5.41) is 16.4. The number of para-hydroxylation sites is 1. The lowest BCUT2D eigenvalue weighted by Crippen LogP contribution is -2.43. The molecular formula is C31H38N8O7. The highest BCUT2D eigenvalue weighted by molar-refractivity contribution is 6.09. The van der Waals surface area contributed by atoms with E-state index in [1.807, 2.05) is 0 Å². The average molecular weight is 635 g/mol. The van der Waals surface area contributed by atoms with Crippen molar-refractivity contribution in [3.05, 3.63) is 42.4 Å². The van der Waals surface area contributed by atoms with Gasteiger partial charge in [0.2, 0.25) is 5.91 Å². The molecule has 0 aliphatic heterocycles. The van der Waals surface area contributed by atoms with Crippen LogP contribution in [0, 0.1) is 5.92 Å². The fourth-order valence-corrected chi connectivity index (χ4v) is 4.06. The highest BCUT2D eigenvalue weighted by atomic mass is 16.6. The smallest absolute Gasteiger partial charge is 0.424 e. The molecule has 4 amide bonds. The van der Waals surface area contributed by atoms with E-state index in [2.05, 4.69) is 36.1 Å². The van der Waals surface area contributed by atoms with Gasteiger partial charge in [0.1, 0.15) is 11.2 Å². The van der Waals surface area contributed by atoms with Gasteiger partial charge >= 0.3 is 12.2 Å². The Morgan fingerprint density at radius 3 is 2.02 bits per heavy atom. The van der Waals surface area contributed by atoms with E-state index in [-0.39, 0.29) is 40.5 Å². The third kappa shape index (κ3) is 8.43. The van der Waals surface area contributed by atoms with Gasteiger partial charge in [-0.2, -0.15) is 4.90 Å². The van der Waals surface area contributed by atoms with Crippen LogP contribution >= 0.6 is 0 Å². The van der Waals surface area contributed by atoms with Gasteiger partial charge in [-0.3, -0.25) is 9.59 Å². The molecule has 244 valence electrons. The molecule has 0 unspecified atom stereocenters. The monoisotopic (exact) mass is 634 g/mol. The van der Waals surface area contributed by atoms with Crippen LogP contribution in [-0.2, 0) is 14.3 Å². The van der Waals surface area contributed by atoms with Gasteiger partial charge < -0.3 is 30.2 Å². The number of hydrogen-bond acceptors (Lipinski definition) is 12. The minimum Gasteiger partial charge on any atom is -0.494 e. The van der Waals surface area contributed by atoms with Gasteiger partial charge in [0.05, 0.1) is 42.1 Å². The molecule has 4 rings (SSSR count). The lowest BCUT2D eigenvalue weighted by molar-refractivity contribution is -0.117. The van der Waals surface area contributed by atoms with E-state index in [1.54, 1.807) is 59.7 Å². The van der Waals surface area contributed by atoms with Crippen LogP contribution in [-0.4, -0.2) is 69.5 Å². The molecule has 0 atom stereocenters. The first-order valence-corrected chi connectivity index (χ1v) is 14.5. The highest BCUT2D eigenvalue weighted by Crippen LogP contribution is 2.38. The Morgan fingerprint density at radius 1 is 0.891 bits per heavy atom. The molecule has 2 heterocycles. The summed E-state index contributed by atoms with van der Waals surface area (Å²) >= 11 is 0. The van der Waals surface area contributed by atoms with Gasteiger partial charge in [-0.15, -0.1) is 10.2 Å². The van der Waals surface area contributed by atoms with E-state index in [0.29, 0.717) is 17.0 Å². The molecule has 15 nitrogen and oxygen atoms in total. The van der Waals surface area contributed by atoms with Crippen LogP contribution in [0.15, 0.2) is 36.7 Å².